The second kappa shape index (κ2) is 7.10. The maximum atomic E-state index is 13.1. The molecule has 3 aromatic rings. The van der Waals surface area contributed by atoms with Crippen molar-refractivity contribution in [3.05, 3.63) is 71.9 Å². The van der Waals surface area contributed by atoms with Crippen molar-refractivity contribution in [1.82, 2.24) is 9.89 Å². The predicted molar refractivity (Wildman–Crippen MR) is 90.7 cm³/mol. The molecule has 0 spiro atoms. The van der Waals surface area contributed by atoms with E-state index >= 15 is 0 Å². The van der Waals surface area contributed by atoms with E-state index in [0.29, 0.717) is 23.0 Å². The van der Waals surface area contributed by atoms with Gasteiger partial charge >= 0.3 is 12.4 Å². The molecule has 1 N–H and O–H groups in total. The van der Waals surface area contributed by atoms with Crippen molar-refractivity contribution in [2.24, 2.45) is 0 Å². The first-order chi connectivity index (χ1) is 13.4. The average molecular weight is 435 g/mol. The van der Waals surface area contributed by atoms with Gasteiger partial charge in [0.1, 0.15) is 0 Å². The summed E-state index contributed by atoms with van der Waals surface area (Å²) in [5.41, 5.74) is -2.90. The lowest BCUT2D eigenvalue weighted by Gasteiger charge is -2.12. The molecular formula is C17H11F6N3O2S. The van der Waals surface area contributed by atoms with Crippen LogP contribution in [0, 0.1) is 0 Å². The molecule has 5 nitrogen and oxygen atoms in total. The summed E-state index contributed by atoms with van der Waals surface area (Å²) >= 11 is 0. The molecule has 0 aliphatic rings. The monoisotopic (exact) mass is 435 g/mol. The molecule has 0 atom stereocenters. The molecule has 0 aliphatic carbocycles. The first kappa shape index (κ1) is 20.7. The van der Waals surface area contributed by atoms with E-state index in [9.17, 15) is 34.8 Å². The molecule has 0 saturated carbocycles. The Labute approximate surface area is 160 Å². The number of nitrogens with zero attached hydrogens (tertiary/aromatic N) is 2. The van der Waals surface area contributed by atoms with Gasteiger partial charge in [0.15, 0.2) is 5.69 Å². The summed E-state index contributed by atoms with van der Waals surface area (Å²) in [6.45, 7) is 0. The zero-order valence-electron chi connectivity index (χ0n) is 14.2. The Hall–Kier alpha value is -3.02. The number of nitrogens with one attached hydrogen (secondary N) is 1. The van der Waals surface area contributed by atoms with Crippen LogP contribution in [0.5, 0.6) is 0 Å². The molecule has 0 bridgehead atoms. The molecule has 29 heavy (non-hydrogen) atoms. The van der Waals surface area contributed by atoms with Gasteiger partial charge in [-0.25, -0.2) is 0 Å². The third-order valence-corrected chi connectivity index (χ3v) is 5.07. The third kappa shape index (κ3) is 4.53. The standard InChI is InChI=1S/C17H11F6N3O2S/c18-16(19,20)12-8-6-11(7-9-12)14-10-15(17(21,22)23)24-26(14)25-29(27,28)13-4-2-1-3-5-13/h1-10,25H. The number of hydrogen-bond acceptors (Lipinski definition) is 3. The highest BCUT2D eigenvalue weighted by Crippen LogP contribution is 2.34. The zero-order chi connectivity index (χ0) is 21.4. The van der Waals surface area contributed by atoms with E-state index in [2.05, 4.69) is 5.10 Å². The van der Waals surface area contributed by atoms with Gasteiger partial charge in [-0.1, -0.05) is 30.3 Å². The Morgan fingerprint density at radius 3 is 1.93 bits per heavy atom. The normalized spacial score (nSPS) is 12.8. The minimum absolute atomic E-state index is 0.100. The predicted octanol–water partition coefficient (Wildman–Crippen LogP) is 4.52. The van der Waals surface area contributed by atoms with Crippen LogP contribution in [0.1, 0.15) is 11.3 Å². The van der Waals surface area contributed by atoms with Crippen molar-refractivity contribution in [2.45, 2.75) is 17.2 Å². The average Bonchev–Trinajstić information content (AvgIpc) is 3.05. The summed E-state index contributed by atoms with van der Waals surface area (Å²) in [6, 6.07) is 10.5. The van der Waals surface area contributed by atoms with Gasteiger partial charge in [-0.05, 0) is 30.3 Å². The Kier molecular flexibility index (Phi) is 5.07. The summed E-state index contributed by atoms with van der Waals surface area (Å²) in [4.78, 5) is 2.03. The van der Waals surface area contributed by atoms with E-state index in [1.165, 1.54) is 24.3 Å². The van der Waals surface area contributed by atoms with Gasteiger partial charge in [-0.2, -0.15) is 44.4 Å². The SMILES string of the molecule is O=S(=O)(Nn1nc(C(F)(F)F)cc1-c1ccc(C(F)(F)F)cc1)c1ccccc1. The number of rotatable bonds is 4. The minimum atomic E-state index is -4.90. The minimum Gasteiger partial charge on any atom is -0.200 e. The maximum absolute atomic E-state index is 13.1. The summed E-state index contributed by atoms with van der Waals surface area (Å²) < 4.78 is 102. The molecule has 0 fully saturated rings. The van der Waals surface area contributed by atoms with Crippen LogP contribution in [0.4, 0.5) is 26.3 Å². The molecule has 3 rings (SSSR count). The summed E-state index contributed by atoms with van der Waals surface area (Å²) in [6.07, 6.45) is -9.53. The van der Waals surface area contributed by atoms with Crippen LogP contribution in [-0.4, -0.2) is 18.3 Å². The molecule has 154 valence electrons. The van der Waals surface area contributed by atoms with Crippen molar-refractivity contribution in [3.63, 3.8) is 0 Å². The van der Waals surface area contributed by atoms with Crippen molar-refractivity contribution < 1.29 is 34.8 Å². The lowest BCUT2D eigenvalue weighted by atomic mass is 10.1. The van der Waals surface area contributed by atoms with E-state index in [4.69, 9.17) is 0 Å². The Morgan fingerprint density at radius 2 is 1.41 bits per heavy atom. The highest BCUT2D eigenvalue weighted by atomic mass is 32.2. The Balaban J connectivity index is 2.06. The molecule has 2 aromatic carbocycles. The smallest absolute Gasteiger partial charge is 0.200 e. The van der Waals surface area contributed by atoms with Crippen molar-refractivity contribution >= 4 is 10.0 Å². The third-order valence-electron chi connectivity index (χ3n) is 3.77. The lowest BCUT2D eigenvalue weighted by molar-refractivity contribution is -0.141. The van der Waals surface area contributed by atoms with Crippen molar-refractivity contribution in [1.29, 1.82) is 0 Å². The van der Waals surface area contributed by atoms with Gasteiger partial charge in [0.25, 0.3) is 10.0 Å². The van der Waals surface area contributed by atoms with Crippen LogP contribution in [0.3, 0.4) is 0 Å². The fourth-order valence-corrected chi connectivity index (χ4v) is 3.38. The number of hydrogen-bond donors (Lipinski definition) is 1. The van der Waals surface area contributed by atoms with Crippen LogP contribution in [0.25, 0.3) is 11.3 Å². The molecule has 0 radical (unpaired) electrons. The summed E-state index contributed by atoms with van der Waals surface area (Å²) in [5, 5.41) is 3.22. The second-order valence-electron chi connectivity index (χ2n) is 5.81. The molecule has 1 heterocycles. The maximum Gasteiger partial charge on any atom is 0.435 e. The van der Waals surface area contributed by atoms with Crippen LogP contribution >= 0.6 is 0 Å². The molecule has 0 amide bonds. The topological polar surface area (TPSA) is 64.0 Å². The van der Waals surface area contributed by atoms with E-state index in [-0.39, 0.29) is 16.2 Å². The number of alkyl halides is 6. The highest BCUT2D eigenvalue weighted by Gasteiger charge is 2.36. The van der Waals surface area contributed by atoms with Gasteiger partial charge in [0.2, 0.25) is 0 Å². The van der Waals surface area contributed by atoms with Crippen LogP contribution in [-0.2, 0) is 22.4 Å². The van der Waals surface area contributed by atoms with E-state index in [0.717, 1.165) is 12.1 Å². The van der Waals surface area contributed by atoms with Gasteiger partial charge in [-0.15, -0.1) is 5.10 Å². The van der Waals surface area contributed by atoms with Gasteiger partial charge in [0.05, 0.1) is 16.2 Å². The van der Waals surface area contributed by atoms with Crippen molar-refractivity contribution in [3.8, 4) is 11.3 Å². The largest absolute Gasteiger partial charge is 0.435 e. The van der Waals surface area contributed by atoms with E-state index in [1.54, 1.807) is 6.07 Å². The number of benzene rings is 2. The molecule has 1 aromatic heterocycles. The van der Waals surface area contributed by atoms with Crippen LogP contribution < -0.4 is 4.83 Å². The summed E-state index contributed by atoms with van der Waals surface area (Å²) in [5.74, 6) is 0. The quantitative estimate of drug-likeness (QED) is 0.613. The number of halogens is 6. The summed E-state index contributed by atoms with van der Waals surface area (Å²) in [7, 11) is -4.30. The second-order valence-corrected chi connectivity index (χ2v) is 7.47. The van der Waals surface area contributed by atoms with Gasteiger partial charge < -0.3 is 0 Å². The fourth-order valence-electron chi connectivity index (χ4n) is 2.39. The molecule has 0 unspecified atom stereocenters. The number of aromatic nitrogens is 2. The molecule has 12 heteroatoms. The lowest BCUT2D eigenvalue weighted by Crippen LogP contribution is -2.25. The Bertz CT molecular complexity index is 1100. The number of sulfonamides is 1. The van der Waals surface area contributed by atoms with Gasteiger partial charge in [0, 0.05) is 5.56 Å². The van der Waals surface area contributed by atoms with Gasteiger partial charge in [-0.3, -0.25) is 0 Å². The van der Waals surface area contributed by atoms with Crippen LogP contribution in [0.2, 0.25) is 0 Å². The van der Waals surface area contributed by atoms with E-state index < -0.39 is 33.6 Å². The van der Waals surface area contributed by atoms with Crippen LogP contribution in [0.15, 0.2) is 65.6 Å². The van der Waals surface area contributed by atoms with E-state index in [1.807, 2.05) is 4.83 Å². The van der Waals surface area contributed by atoms with Crippen molar-refractivity contribution in [2.75, 3.05) is 4.83 Å². The first-order valence-corrected chi connectivity index (χ1v) is 9.29. The molecule has 0 aliphatic heterocycles. The first-order valence-electron chi connectivity index (χ1n) is 7.81. The Morgan fingerprint density at radius 1 is 0.828 bits per heavy atom. The highest BCUT2D eigenvalue weighted by molar-refractivity contribution is 7.92. The molecule has 0 saturated heterocycles. The molecular weight excluding hydrogens is 424 g/mol. The fraction of sp³-hybridized carbons (Fsp3) is 0.118. The zero-order valence-corrected chi connectivity index (χ0v) is 15.0.